The molecule has 3 aliphatic rings. The fourth-order valence-corrected chi connectivity index (χ4v) is 4.34. The third-order valence-electron chi connectivity index (χ3n) is 5.71. The summed E-state index contributed by atoms with van der Waals surface area (Å²) in [5.74, 6) is 1.85. The standard InChI is InChI=1S/C20H26N2O5/c1-25-17-2-3-18-15(7-17)6-14(10-27-18)8-22-9-16-11-26-13-20(16,12-22)19(24)21-4-5-23/h2-3,6-7,16,23H,4-5,8-13H2,1H3,(H,21,24)/t16-,20-/m1/s1. The molecule has 4 rings (SSSR count). The molecule has 2 atom stereocenters. The molecule has 2 N–H and O–H groups in total. The van der Waals surface area contributed by atoms with E-state index < -0.39 is 5.41 Å². The van der Waals surface area contributed by atoms with Gasteiger partial charge in [0, 0.05) is 37.7 Å². The summed E-state index contributed by atoms with van der Waals surface area (Å²) in [5, 5.41) is 11.8. The van der Waals surface area contributed by atoms with E-state index in [9.17, 15) is 4.79 Å². The monoisotopic (exact) mass is 374 g/mol. The largest absolute Gasteiger partial charge is 0.497 e. The van der Waals surface area contributed by atoms with E-state index in [1.165, 1.54) is 5.57 Å². The molecule has 0 aromatic heterocycles. The van der Waals surface area contributed by atoms with Crippen molar-refractivity contribution in [1.82, 2.24) is 10.2 Å². The molecular weight excluding hydrogens is 348 g/mol. The average molecular weight is 374 g/mol. The zero-order valence-corrected chi connectivity index (χ0v) is 15.6. The van der Waals surface area contributed by atoms with Crippen LogP contribution < -0.4 is 14.8 Å². The van der Waals surface area contributed by atoms with Crippen LogP contribution in [0.15, 0.2) is 23.8 Å². The van der Waals surface area contributed by atoms with E-state index in [0.29, 0.717) is 26.4 Å². The topological polar surface area (TPSA) is 80.3 Å². The molecule has 2 saturated heterocycles. The fraction of sp³-hybridized carbons (Fsp3) is 0.550. The van der Waals surface area contributed by atoms with Crippen molar-refractivity contribution in [2.45, 2.75) is 0 Å². The quantitative estimate of drug-likeness (QED) is 0.756. The summed E-state index contributed by atoms with van der Waals surface area (Å²) in [4.78, 5) is 15.0. The van der Waals surface area contributed by atoms with Gasteiger partial charge in [0.15, 0.2) is 0 Å². The smallest absolute Gasteiger partial charge is 0.230 e. The Kier molecular flexibility index (Phi) is 5.08. The molecular formula is C20H26N2O5. The van der Waals surface area contributed by atoms with Crippen LogP contribution in [0.1, 0.15) is 5.56 Å². The molecule has 3 aliphatic heterocycles. The van der Waals surface area contributed by atoms with Gasteiger partial charge in [-0.3, -0.25) is 9.69 Å². The van der Waals surface area contributed by atoms with E-state index in [-0.39, 0.29) is 25.0 Å². The van der Waals surface area contributed by atoms with Crippen molar-refractivity contribution < 1.29 is 24.1 Å². The SMILES string of the molecule is COc1ccc2c(c1)C=C(CN1C[C@@H]3COC[C@]3(C(=O)NCCO)C1)CO2. The van der Waals surface area contributed by atoms with Crippen LogP contribution in [0.2, 0.25) is 0 Å². The van der Waals surface area contributed by atoms with Gasteiger partial charge < -0.3 is 24.6 Å². The first-order chi connectivity index (χ1) is 13.1. The second-order valence-corrected chi connectivity index (χ2v) is 7.51. The van der Waals surface area contributed by atoms with Gasteiger partial charge in [0.2, 0.25) is 5.91 Å². The number of rotatable bonds is 6. The van der Waals surface area contributed by atoms with Crippen LogP contribution in [0.25, 0.3) is 6.08 Å². The lowest BCUT2D eigenvalue weighted by molar-refractivity contribution is -0.131. The van der Waals surface area contributed by atoms with Crippen molar-refractivity contribution in [1.29, 1.82) is 0 Å². The van der Waals surface area contributed by atoms with Gasteiger partial charge in [-0.05, 0) is 29.8 Å². The molecule has 2 fully saturated rings. The van der Waals surface area contributed by atoms with Crippen LogP contribution >= 0.6 is 0 Å². The summed E-state index contributed by atoms with van der Waals surface area (Å²) < 4.78 is 16.8. The summed E-state index contributed by atoms with van der Waals surface area (Å²) in [6.45, 7) is 4.10. The number of fused-ring (bicyclic) bond motifs is 2. The molecule has 0 radical (unpaired) electrons. The highest BCUT2D eigenvalue weighted by Crippen LogP contribution is 2.42. The number of carbonyl (C=O) groups is 1. The molecule has 1 aromatic rings. The van der Waals surface area contributed by atoms with E-state index in [1.54, 1.807) is 7.11 Å². The van der Waals surface area contributed by atoms with Gasteiger partial charge in [0.1, 0.15) is 18.1 Å². The van der Waals surface area contributed by atoms with Crippen LogP contribution in [-0.4, -0.2) is 75.6 Å². The third-order valence-corrected chi connectivity index (χ3v) is 5.71. The minimum Gasteiger partial charge on any atom is -0.497 e. The number of benzene rings is 1. The lowest BCUT2D eigenvalue weighted by Crippen LogP contribution is -2.47. The molecule has 3 heterocycles. The van der Waals surface area contributed by atoms with Crippen LogP contribution in [-0.2, 0) is 9.53 Å². The number of nitrogens with one attached hydrogen (secondary N) is 1. The van der Waals surface area contributed by atoms with Crippen LogP contribution in [0.4, 0.5) is 0 Å². The summed E-state index contributed by atoms with van der Waals surface area (Å²) in [5.41, 5.74) is 1.70. The maximum atomic E-state index is 12.7. The van der Waals surface area contributed by atoms with Crippen LogP contribution in [0, 0.1) is 11.3 Å². The molecule has 0 saturated carbocycles. The van der Waals surface area contributed by atoms with Crippen molar-refractivity contribution in [2.75, 3.05) is 59.7 Å². The van der Waals surface area contributed by atoms with E-state index in [0.717, 1.165) is 30.2 Å². The van der Waals surface area contributed by atoms with Crippen molar-refractivity contribution in [3.8, 4) is 11.5 Å². The maximum absolute atomic E-state index is 12.7. The van der Waals surface area contributed by atoms with Gasteiger partial charge in [-0.25, -0.2) is 0 Å². The predicted molar refractivity (Wildman–Crippen MR) is 99.7 cm³/mol. The minimum atomic E-state index is -0.508. The lowest BCUT2D eigenvalue weighted by atomic mass is 9.80. The number of likely N-dealkylation sites (tertiary alicyclic amines) is 1. The van der Waals surface area contributed by atoms with Crippen molar-refractivity contribution in [3.63, 3.8) is 0 Å². The number of aliphatic hydroxyl groups is 1. The van der Waals surface area contributed by atoms with Crippen LogP contribution in [0.5, 0.6) is 11.5 Å². The third kappa shape index (κ3) is 3.42. The van der Waals surface area contributed by atoms with Gasteiger partial charge in [-0.1, -0.05) is 0 Å². The molecule has 0 bridgehead atoms. The second kappa shape index (κ2) is 7.50. The Morgan fingerprint density at radius 1 is 1.48 bits per heavy atom. The number of ether oxygens (including phenoxy) is 3. The highest BCUT2D eigenvalue weighted by atomic mass is 16.5. The van der Waals surface area contributed by atoms with E-state index in [4.69, 9.17) is 19.3 Å². The molecule has 146 valence electrons. The van der Waals surface area contributed by atoms with Gasteiger partial charge in [-0.15, -0.1) is 0 Å². The minimum absolute atomic E-state index is 0.00879. The van der Waals surface area contributed by atoms with E-state index >= 15 is 0 Å². The molecule has 1 aromatic carbocycles. The summed E-state index contributed by atoms with van der Waals surface area (Å²) in [7, 11) is 1.66. The molecule has 1 amide bonds. The van der Waals surface area contributed by atoms with E-state index in [2.05, 4.69) is 16.3 Å². The Labute approximate surface area is 158 Å². The average Bonchev–Trinajstić information content (AvgIpc) is 3.23. The lowest BCUT2D eigenvalue weighted by Gasteiger charge is -2.27. The molecule has 27 heavy (non-hydrogen) atoms. The molecule has 0 spiro atoms. The van der Waals surface area contributed by atoms with Crippen molar-refractivity contribution in [2.24, 2.45) is 11.3 Å². The highest BCUT2D eigenvalue weighted by molar-refractivity contribution is 5.84. The van der Waals surface area contributed by atoms with E-state index in [1.807, 2.05) is 18.2 Å². The first-order valence-corrected chi connectivity index (χ1v) is 9.34. The number of amides is 1. The van der Waals surface area contributed by atoms with Crippen molar-refractivity contribution >= 4 is 12.0 Å². The Morgan fingerprint density at radius 3 is 3.19 bits per heavy atom. The highest BCUT2D eigenvalue weighted by Gasteiger charge is 2.55. The zero-order chi connectivity index (χ0) is 18.9. The number of hydrogen-bond acceptors (Lipinski definition) is 6. The van der Waals surface area contributed by atoms with Gasteiger partial charge in [-0.2, -0.15) is 0 Å². The van der Waals surface area contributed by atoms with Crippen LogP contribution in [0.3, 0.4) is 0 Å². The summed E-state index contributed by atoms with van der Waals surface area (Å²) in [6.07, 6.45) is 2.16. The number of hydrogen-bond donors (Lipinski definition) is 2. The Balaban J connectivity index is 1.46. The number of aliphatic hydroxyl groups excluding tert-OH is 1. The number of nitrogens with zero attached hydrogens (tertiary/aromatic N) is 1. The van der Waals surface area contributed by atoms with Gasteiger partial charge >= 0.3 is 0 Å². The van der Waals surface area contributed by atoms with Crippen molar-refractivity contribution in [3.05, 3.63) is 29.3 Å². The van der Waals surface area contributed by atoms with Gasteiger partial charge in [0.25, 0.3) is 0 Å². The predicted octanol–water partition coefficient (Wildman–Crippen LogP) is 0.528. The van der Waals surface area contributed by atoms with Gasteiger partial charge in [0.05, 0.1) is 32.3 Å². The normalized spacial score (nSPS) is 26.7. The Bertz CT molecular complexity index is 750. The first kappa shape index (κ1) is 18.3. The summed E-state index contributed by atoms with van der Waals surface area (Å²) >= 11 is 0. The molecule has 7 nitrogen and oxygen atoms in total. The second-order valence-electron chi connectivity index (χ2n) is 7.51. The first-order valence-electron chi connectivity index (χ1n) is 9.34. The summed E-state index contributed by atoms with van der Waals surface area (Å²) in [6, 6.07) is 5.80. The maximum Gasteiger partial charge on any atom is 0.230 e. The fourth-order valence-electron chi connectivity index (χ4n) is 4.34. The molecule has 0 aliphatic carbocycles. The molecule has 0 unspecified atom stereocenters. The Hall–Kier alpha value is -2.09. The number of methoxy groups -OCH3 is 1. The zero-order valence-electron chi connectivity index (χ0n) is 15.6. The Morgan fingerprint density at radius 2 is 2.37 bits per heavy atom. The number of carbonyl (C=O) groups excluding carboxylic acids is 1. The molecule has 7 heteroatoms.